The van der Waals surface area contributed by atoms with Crippen LogP contribution in [0.2, 0.25) is 0 Å². The highest BCUT2D eigenvalue weighted by Gasteiger charge is 2.21. The van der Waals surface area contributed by atoms with Gasteiger partial charge in [-0.1, -0.05) is 0 Å². The third-order valence-electron chi connectivity index (χ3n) is 3.47. The van der Waals surface area contributed by atoms with E-state index >= 15 is 0 Å². The topological polar surface area (TPSA) is 86.9 Å². The number of aryl methyl sites for hydroxylation is 1. The number of nitrogens with zero attached hydrogens (tertiary/aromatic N) is 1. The predicted octanol–water partition coefficient (Wildman–Crippen LogP) is 1.77. The van der Waals surface area contributed by atoms with Gasteiger partial charge >= 0.3 is 0 Å². The maximum absolute atomic E-state index is 12.3. The molecule has 2 aromatic rings. The fourth-order valence-electron chi connectivity index (χ4n) is 1.99. The summed E-state index contributed by atoms with van der Waals surface area (Å²) in [5.41, 5.74) is 2.20. The number of pyridine rings is 1. The second-order valence-corrected chi connectivity index (χ2v) is 6.99. The molecule has 3 rings (SSSR count). The molecule has 0 amide bonds. The zero-order chi connectivity index (χ0) is 14.9. The Labute approximate surface area is 124 Å². The van der Waals surface area contributed by atoms with Gasteiger partial charge in [0.15, 0.2) is 0 Å². The standard InChI is InChI=1S/C14H18N4O2S/c1-10-4-5-15-9-14(10)18-21(19,20)13-6-12(17-8-13)7-16-11-2-3-11/h4-6,8-9,11,16-18H,2-3,7H2,1H3. The lowest BCUT2D eigenvalue weighted by Gasteiger charge is -2.08. The molecule has 0 spiro atoms. The van der Waals surface area contributed by atoms with Gasteiger partial charge in [-0.25, -0.2) is 8.42 Å². The number of rotatable bonds is 6. The van der Waals surface area contributed by atoms with Gasteiger partial charge in [0.2, 0.25) is 0 Å². The quantitative estimate of drug-likeness (QED) is 0.759. The fourth-order valence-corrected chi connectivity index (χ4v) is 3.12. The molecule has 1 saturated carbocycles. The molecule has 21 heavy (non-hydrogen) atoms. The number of anilines is 1. The third kappa shape index (κ3) is 3.43. The Kier molecular flexibility index (Phi) is 3.69. The minimum Gasteiger partial charge on any atom is -0.363 e. The molecule has 112 valence electrons. The molecule has 0 unspecified atom stereocenters. The number of aromatic amines is 1. The van der Waals surface area contributed by atoms with E-state index in [-0.39, 0.29) is 4.90 Å². The summed E-state index contributed by atoms with van der Waals surface area (Å²) in [6.07, 6.45) is 7.06. The van der Waals surface area contributed by atoms with Gasteiger partial charge in [-0.3, -0.25) is 9.71 Å². The monoisotopic (exact) mass is 306 g/mol. The van der Waals surface area contributed by atoms with Crippen LogP contribution < -0.4 is 10.0 Å². The molecule has 1 fully saturated rings. The average Bonchev–Trinajstić information content (AvgIpc) is 3.15. The molecule has 6 nitrogen and oxygen atoms in total. The van der Waals surface area contributed by atoms with E-state index in [2.05, 4.69) is 20.0 Å². The second kappa shape index (κ2) is 5.50. The first-order valence-electron chi connectivity index (χ1n) is 6.89. The number of nitrogens with one attached hydrogen (secondary N) is 3. The van der Waals surface area contributed by atoms with Crippen LogP contribution in [0.1, 0.15) is 24.1 Å². The van der Waals surface area contributed by atoms with Crippen LogP contribution in [0.4, 0.5) is 5.69 Å². The van der Waals surface area contributed by atoms with Gasteiger partial charge in [0.25, 0.3) is 10.0 Å². The van der Waals surface area contributed by atoms with Gasteiger partial charge in [0.1, 0.15) is 4.90 Å². The highest BCUT2D eigenvalue weighted by molar-refractivity contribution is 7.92. The Morgan fingerprint density at radius 1 is 1.43 bits per heavy atom. The molecule has 0 radical (unpaired) electrons. The Morgan fingerprint density at radius 2 is 2.24 bits per heavy atom. The Bertz CT molecular complexity index is 735. The van der Waals surface area contributed by atoms with E-state index in [1.807, 2.05) is 6.92 Å². The maximum atomic E-state index is 12.3. The van der Waals surface area contributed by atoms with Crippen LogP contribution in [0.3, 0.4) is 0 Å². The highest BCUT2D eigenvalue weighted by Crippen LogP contribution is 2.21. The van der Waals surface area contributed by atoms with E-state index in [4.69, 9.17) is 0 Å². The van der Waals surface area contributed by atoms with Crippen molar-refractivity contribution >= 4 is 15.7 Å². The van der Waals surface area contributed by atoms with Crippen LogP contribution in [-0.4, -0.2) is 24.4 Å². The predicted molar refractivity (Wildman–Crippen MR) is 80.4 cm³/mol. The summed E-state index contributed by atoms with van der Waals surface area (Å²) in [6.45, 7) is 2.49. The molecule has 7 heteroatoms. The SMILES string of the molecule is Cc1ccncc1NS(=O)(=O)c1c[nH]c(CNC2CC2)c1. The zero-order valence-electron chi connectivity index (χ0n) is 11.8. The molecule has 2 heterocycles. The van der Waals surface area contributed by atoms with E-state index in [0.29, 0.717) is 18.3 Å². The Balaban J connectivity index is 1.73. The molecular weight excluding hydrogens is 288 g/mol. The largest absolute Gasteiger partial charge is 0.363 e. The Hall–Kier alpha value is -1.86. The van der Waals surface area contributed by atoms with Crippen molar-refractivity contribution in [1.82, 2.24) is 15.3 Å². The minimum atomic E-state index is -3.59. The van der Waals surface area contributed by atoms with Crippen LogP contribution in [-0.2, 0) is 16.6 Å². The molecule has 0 aromatic carbocycles. The molecule has 0 saturated heterocycles. The van der Waals surface area contributed by atoms with Crippen molar-refractivity contribution in [3.63, 3.8) is 0 Å². The molecular formula is C14H18N4O2S. The van der Waals surface area contributed by atoms with E-state index in [9.17, 15) is 8.42 Å². The van der Waals surface area contributed by atoms with Crippen molar-refractivity contribution in [2.24, 2.45) is 0 Å². The number of hydrogen-bond acceptors (Lipinski definition) is 4. The summed E-state index contributed by atoms with van der Waals surface area (Å²) in [5, 5.41) is 3.34. The van der Waals surface area contributed by atoms with Gasteiger partial charge in [0, 0.05) is 30.7 Å². The van der Waals surface area contributed by atoms with E-state index < -0.39 is 10.0 Å². The molecule has 1 aliphatic rings. The maximum Gasteiger partial charge on any atom is 0.263 e. The fraction of sp³-hybridized carbons (Fsp3) is 0.357. The van der Waals surface area contributed by atoms with Crippen LogP contribution in [0, 0.1) is 6.92 Å². The average molecular weight is 306 g/mol. The zero-order valence-corrected chi connectivity index (χ0v) is 12.6. The van der Waals surface area contributed by atoms with E-state index in [1.54, 1.807) is 18.3 Å². The van der Waals surface area contributed by atoms with Crippen molar-refractivity contribution in [1.29, 1.82) is 0 Å². The normalized spacial score (nSPS) is 15.1. The van der Waals surface area contributed by atoms with Crippen molar-refractivity contribution in [2.75, 3.05) is 4.72 Å². The van der Waals surface area contributed by atoms with Gasteiger partial charge in [0.05, 0.1) is 11.9 Å². The molecule has 1 aliphatic carbocycles. The highest BCUT2D eigenvalue weighted by atomic mass is 32.2. The molecule has 0 bridgehead atoms. The summed E-state index contributed by atoms with van der Waals surface area (Å²) in [4.78, 5) is 7.17. The number of H-pyrrole nitrogens is 1. The first kappa shape index (κ1) is 14.1. The summed E-state index contributed by atoms with van der Waals surface area (Å²) < 4.78 is 27.2. The summed E-state index contributed by atoms with van der Waals surface area (Å²) in [6, 6.07) is 4.01. The minimum absolute atomic E-state index is 0.235. The van der Waals surface area contributed by atoms with Crippen LogP contribution in [0.25, 0.3) is 0 Å². The van der Waals surface area contributed by atoms with Gasteiger partial charge < -0.3 is 10.3 Å². The van der Waals surface area contributed by atoms with Crippen molar-refractivity contribution in [3.8, 4) is 0 Å². The summed E-state index contributed by atoms with van der Waals surface area (Å²) in [7, 11) is -3.59. The summed E-state index contributed by atoms with van der Waals surface area (Å²) >= 11 is 0. The molecule has 0 aliphatic heterocycles. The van der Waals surface area contributed by atoms with E-state index in [0.717, 1.165) is 11.3 Å². The third-order valence-corrected chi connectivity index (χ3v) is 4.81. The lowest BCUT2D eigenvalue weighted by molar-refractivity contribution is 0.601. The van der Waals surface area contributed by atoms with Crippen LogP contribution in [0.15, 0.2) is 35.6 Å². The van der Waals surface area contributed by atoms with Crippen molar-refractivity contribution in [2.45, 2.75) is 37.2 Å². The first-order valence-corrected chi connectivity index (χ1v) is 8.37. The van der Waals surface area contributed by atoms with Crippen LogP contribution in [0.5, 0.6) is 0 Å². The van der Waals surface area contributed by atoms with Crippen LogP contribution >= 0.6 is 0 Å². The van der Waals surface area contributed by atoms with Crippen molar-refractivity contribution < 1.29 is 8.42 Å². The number of hydrogen-bond donors (Lipinski definition) is 3. The Morgan fingerprint density at radius 3 is 2.95 bits per heavy atom. The number of aromatic nitrogens is 2. The first-order chi connectivity index (χ1) is 10.0. The lowest BCUT2D eigenvalue weighted by Crippen LogP contribution is -2.15. The number of sulfonamides is 1. The van der Waals surface area contributed by atoms with Gasteiger partial charge in [-0.2, -0.15) is 0 Å². The van der Waals surface area contributed by atoms with Crippen molar-refractivity contribution in [3.05, 3.63) is 42.0 Å². The molecule has 2 aromatic heterocycles. The molecule has 0 atom stereocenters. The summed E-state index contributed by atoms with van der Waals surface area (Å²) in [5.74, 6) is 0. The second-order valence-electron chi connectivity index (χ2n) is 5.31. The van der Waals surface area contributed by atoms with Gasteiger partial charge in [-0.05, 0) is 37.5 Å². The van der Waals surface area contributed by atoms with E-state index in [1.165, 1.54) is 25.2 Å². The lowest BCUT2D eigenvalue weighted by atomic mass is 10.3. The van der Waals surface area contributed by atoms with Gasteiger partial charge in [-0.15, -0.1) is 0 Å². The smallest absolute Gasteiger partial charge is 0.263 e. The molecule has 3 N–H and O–H groups in total.